The number of nitrogens with one attached hydrogen (secondary N) is 1. The summed E-state index contributed by atoms with van der Waals surface area (Å²) >= 11 is 0. The number of hydrogen-bond acceptors (Lipinski definition) is 8. The normalized spacial score (nSPS) is 17.6. The molecule has 2 heterocycles. The third-order valence-electron chi connectivity index (χ3n) is 4.30. The second-order valence-electron chi connectivity index (χ2n) is 7.81. The number of fused-ring (bicyclic) bond motifs is 1. The number of ether oxygens (including phenoxy) is 3. The summed E-state index contributed by atoms with van der Waals surface area (Å²) in [5.74, 6) is -2.47. The summed E-state index contributed by atoms with van der Waals surface area (Å²) in [5.41, 5.74) is -0.502. The van der Waals surface area contributed by atoms with Crippen LogP contribution in [-0.2, 0) is 23.8 Å². The number of hydrogen-bond donors (Lipinski definition) is 1. The Morgan fingerprint density at radius 2 is 1.70 bits per heavy atom. The highest BCUT2D eigenvalue weighted by Gasteiger charge is 2.40. The maximum atomic E-state index is 12.7. The number of nitrogens with zero attached hydrogens (tertiary/aromatic N) is 1. The molecule has 1 unspecified atom stereocenters. The van der Waals surface area contributed by atoms with Crippen molar-refractivity contribution < 1.29 is 38.2 Å². The lowest BCUT2D eigenvalue weighted by atomic mass is 10.1. The molecule has 1 aromatic carbocycles. The van der Waals surface area contributed by atoms with Gasteiger partial charge in [-0.3, -0.25) is 9.59 Å². The molecule has 10 heteroatoms. The SMILES string of the molecule is CC(C)(C)OC(=O)NC(CCC1OCCO1)C(=O)ON1C(=O)c2ccccc2C1=O. The first-order valence-electron chi connectivity index (χ1n) is 9.58. The predicted octanol–water partition coefficient (Wildman–Crippen LogP) is 1.79. The third-order valence-corrected chi connectivity index (χ3v) is 4.30. The summed E-state index contributed by atoms with van der Waals surface area (Å²) in [6.07, 6.45) is -0.969. The van der Waals surface area contributed by atoms with Crippen LogP contribution >= 0.6 is 0 Å². The molecule has 0 radical (unpaired) electrons. The van der Waals surface area contributed by atoms with Crippen molar-refractivity contribution in [3.05, 3.63) is 35.4 Å². The lowest BCUT2D eigenvalue weighted by Crippen LogP contribution is -2.47. The summed E-state index contributed by atoms with van der Waals surface area (Å²) in [6.45, 7) is 5.92. The third kappa shape index (κ3) is 5.14. The van der Waals surface area contributed by atoms with Crippen LogP contribution in [0, 0.1) is 0 Å². The molecule has 1 fully saturated rings. The topological polar surface area (TPSA) is 120 Å². The van der Waals surface area contributed by atoms with Crippen LogP contribution in [0.1, 0.15) is 54.3 Å². The molecule has 0 bridgehead atoms. The number of carbonyl (C=O) groups is 4. The monoisotopic (exact) mass is 420 g/mol. The largest absolute Gasteiger partial charge is 0.444 e. The van der Waals surface area contributed by atoms with E-state index in [9.17, 15) is 19.2 Å². The summed E-state index contributed by atoms with van der Waals surface area (Å²) in [4.78, 5) is 54.8. The number of carbonyl (C=O) groups excluding carboxylic acids is 4. The van der Waals surface area contributed by atoms with Crippen LogP contribution in [0.5, 0.6) is 0 Å². The Balaban J connectivity index is 1.68. The first-order valence-corrected chi connectivity index (χ1v) is 9.58. The van der Waals surface area contributed by atoms with Gasteiger partial charge in [-0.05, 0) is 39.3 Å². The quantitative estimate of drug-likeness (QED) is 0.692. The number of rotatable bonds is 6. The van der Waals surface area contributed by atoms with Gasteiger partial charge >= 0.3 is 12.1 Å². The van der Waals surface area contributed by atoms with E-state index < -0.39 is 41.8 Å². The number of benzene rings is 1. The highest BCUT2D eigenvalue weighted by Crippen LogP contribution is 2.23. The molecule has 10 nitrogen and oxygen atoms in total. The van der Waals surface area contributed by atoms with Gasteiger partial charge in [0.2, 0.25) is 0 Å². The molecule has 2 aliphatic heterocycles. The van der Waals surface area contributed by atoms with Gasteiger partial charge in [-0.15, -0.1) is 0 Å². The second kappa shape index (κ2) is 8.80. The number of alkyl carbamates (subject to hydrolysis) is 1. The van der Waals surface area contributed by atoms with Gasteiger partial charge in [-0.25, -0.2) is 9.59 Å². The van der Waals surface area contributed by atoms with Crippen LogP contribution in [0.25, 0.3) is 0 Å². The fourth-order valence-electron chi connectivity index (χ4n) is 2.98. The first kappa shape index (κ1) is 21.7. The van der Waals surface area contributed by atoms with E-state index in [-0.39, 0.29) is 24.0 Å². The summed E-state index contributed by atoms with van der Waals surface area (Å²) in [7, 11) is 0. The summed E-state index contributed by atoms with van der Waals surface area (Å²) in [6, 6.07) is 4.95. The minimum absolute atomic E-state index is 0.0892. The maximum Gasteiger partial charge on any atom is 0.408 e. The Labute approximate surface area is 173 Å². The molecular formula is C20H24N2O8. The van der Waals surface area contributed by atoms with E-state index >= 15 is 0 Å². The molecule has 1 atom stereocenters. The van der Waals surface area contributed by atoms with Crippen molar-refractivity contribution in [1.82, 2.24) is 10.4 Å². The average Bonchev–Trinajstić information content (AvgIpc) is 3.27. The van der Waals surface area contributed by atoms with E-state index in [0.717, 1.165) is 0 Å². The molecule has 3 rings (SSSR count). The van der Waals surface area contributed by atoms with Crippen molar-refractivity contribution in [3.8, 4) is 0 Å². The van der Waals surface area contributed by atoms with Crippen molar-refractivity contribution >= 4 is 23.9 Å². The number of amides is 3. The van der Waals surface area contributed by atoms with Gasteiger partial charge < -0.3 is 24.4 Å². The Bertz CT molecular complexity index is 806. The zero-order chi connectivity index (χ0) is 21.9. The molecule has 3 amide bonds. The van der Waals surface area contributed by atoms with Crippen LogP contribution in [-0.4, -0.2) is 60.1 Å². The predicted molar refractivity (Wildman–Crippen MR) is 101 cm³/mol. The van der Waals surface area contributed by atoms with Crippen molar-refractivity contribution in [2.75, 3.05) is 13.2 Å². The molecule has 162 valence electrons. The lowest BCUT2D eigenvalue weighted by Gasteiger charge is -2.24. The van der Waals surface area contributed by atoms with Crippen LogP contribution in [0.2, 0.25) is 0 Å². The molecule has 1 N–H and O–H groups in total. The standard InChI is InChI=1S/C20H24N2O8/c1-20(2,3)29-19(26)21-14(8-9-15-27-10-11-28-15)18(25)30-22-16(23)12-6-4-5-7-13(12)17(22)24/h4-7,14-15H,8-11H2,1-3H3,(H,21,26). The highest BCUT2D eigenvalue weighted by atomic mass is 16.7. The van der Waals surface area contributed by atoms with Crippen molar-refractivity contribution in [1.29, 1.82) is 0 Å². The summed E-state index contributed by atoms with van der Waals surface area (Å²) in [5, 5.41) is 2.83. The molecule has 30 heavy (non-hydrogen) atoms. The van der Waals surface area contributed by atoms with E-state index in [2.05, 4.69) is 5.32 Å². The molecule has 1 saturated heterocycles. The van der Waals surface area contributed by atoms with Crippen LogP contribution < -0.4 is 5.32 Å². The van der Waals surface area contributed by atoms with Gasteiger partial charge in [-0.1, -0.05) is 17.2 Å². The van der Waals surface area contributed by atoms with Crippen LogP contribution in [0.15, 0.2) is 24.3 Å². The van der Waals surface area contributed by atoms with Crippen LogP contribution in [0.4, 0.5) is 4.79 Å². The van der Waals surface area contributed by atoms with Crippen LogP contribution in [0.3, 0.4) is 0 Å². The molecule has 0 aliphatic carbocycles. The van der Waals surface area contributed by atoms with Gasteiger partial charge in [0.15, 0.2) is 6.29 Å². The van der Waals surface area contributed by atoms with Crippen molar-refractivity contribution in [2.24, 2.45) is 0 Å². The van der Waals surface area contributed by atoms with E-state index in [1.54, 1.807) is 32.9 Å². The van der Waals surface area contributed by atoms with Gasteiger partial charge in [0.05, 0.1) is 24.3 Å². The van der Waals surface area contributed by atoms with Gasteiger partial charge in [0.1, 0.15) is 11.6 Å². The Morgan fingerprint density at radius 3 is 2.23 bits per heavy atom. The molecule has 0 aromatic heterocycles. The van der Waals surface area contributed by atoms with Gasteiger partial charge in [0.25, 0.3) is 11.8 Å². The average molecular weight is 420 g/mol. The molecular weight excluding hydrogens is 396 g/mol. The molecule has 1 aromatic rings. The maximum absolute atomic E-state index is 12.7. The lowest BCUT2D eigenvalue weighted by molar-refractivity contribution is -0.171. The van der Waals surface area contributed by atoms with E-state index in [4.69, 9.17) is 19.0 Å². The Kier molecular flexibility index (Phi) is 6.37. The molecule has 2 aliphatic rings. The van der Waals surface area contributed by atoms with Gasteiger partial charge in [0, 0.05) is 6.42 Å². The van der Waals surface area contributed by atoms with Crippen molar-refractivity contribution in [3.63, 3.8) is 0 Å². The smallest absolute Gasteiger partial charge is 0.408 e. The van der Waals surface area contributed by atoms with Gasteiger partial charge in [-0.2, -0.15) is 0 Å². The van der Waals surface area contributed by atoms with E-state index in [1.165, 1.54) is 12.1 Å². The summed E-state index contributed by atoms with van der Waals surface area (Å²) < 4.78 is 15.9. The fourth-order valence-corrected chi connectivity index (χ4v) is 2.98. The number of imide groups is 1. The highest BCUT2D eigenvalue weighted by molar-refractivity contribution is 6.20. The zero-order valence-electron chi connectivity index (χ0n) is 17.0. The first-order chi connectivity index (χ1) is 14.2. The zero-order valence-corrected chi connectivity index (χ0v) is 17.0. The van der Waals surface area contributed by atoms with E-state index in [1.807, 2.05) is 0 Å². The molecule has 0 saturated carbocycles. The molecule has 0 spiro atoms. The van der Waals surface area contributed by atoms with E-state index in [0.29, 0.717) is 18.3 Å². The minimum atomic E-state index is -1.18. The Morgan fingerprint density at radius 1 is 1.13 bits per heavy atom. The minimum Gasteiger partial charge on any atom is -0.444 e. The second-order valence-corrected chi connectivity index (χ2v) is 7.81. The fraction of sp³-hybridized carbons (Fsp3) is 0.500. The van der Waals surface area contributed by atoms with Crippen molar-refractivity contribution in [2.45, 2.75) is 51.5 Å². The number of hydroxylamine groups is 2. The Hall–Kier alpha value is -2.98.